The summed E-state index contributed by atoms with van der Waals surface area (Å²) in [4.78, 5) is 23.7. The van der Waals surface area contributed by atoms with Crippen LogP contribution in [0, 0.1) is 0 Å². The smallest absolute Gasteiger partial charge is 0.318 e. The lowest BCUT2D eigenvalue weighted by Crippen LogP contribution is -2.45. The van der Waals surface area contributed by atoms with Gasteiger partial charge in [-0.1, -0.05) is 18.2 Å². The minimum Gasteiger partial charge on any atom is -0.491 e. The molecule has 1 atom stereocenters. The fraction of sp³-hybridized carbons (Fsp3) is 0.318. The summed E-state index contributed by atoms with van der Waals surface area (Å²) < 4.78 is 5.66. The molecule has 6 nitrogen and oxygen atoms in total. The van der Waals surface area contributed by atoms with Crippen molar-refractivity contribution in [3.05, 3.63) is 66.0 Å². The highest BCUT2D eigenvalue weighted by atomic mass is 16.5. The van der Waals surface area contributed by atoms with Gasteiger partial charge in [0, 0.05) is 41.8 Å². The Morgan fingerprint density at radius 3 is 2.82 bits per heavy atom. The van der Waals surface area contributed by atoms with E-state index in [1.165, 1.54) is 0 Å². The number of ether oxygens (including phenoxy) is 1. The second kappa shape index (κ2) is 7.11. The SMILES string of the molecule is O=C(NC1COc2ccccc21)N1CCC(c2ccc3cccnc3n2)CC1. The third-order valence-electron chi connectivity index (χ3n) is 5.68. The minimum absolute atomic E-state index is 0.0168. The highest BCUT2D eigenvalue weighted by molar-refractivity contribution is 5.75. The highest BCUT2D eigenvalue weighted by Crippen LogP contribution is 2.32. The van der Waals surface area contributed by atoms with Crippen molar-refractivity contribution in [1.29, 1.82) is 0 Å². The maximum Gasteiger partial charge on any atom is 0.318 e. The number of para-hydroxylation sites is 1. The molecule has 2 aliphatic heterocycles. The Morgan fingerprint density at radius 2 is 1.93 bits per heavy atom. The molecule has 28 heavy (non-hydrogen) atoms. The summed E-state index contributed by atoms with van der Waals surface area (Å²) in [6.07, 6.45) is 3.60. The molecular weight excluding hydrogens is 352 g/mol. The number of urea groups is 1. The Morgan fingerprint density at radius 1 is 1.07 bits per heavy atom. The Labute approximate surface area is 163 Å². The number of nitrogens with zero attached hydrogens (tertiary/aromatic N) is 3. The molecule has 1 unspecified atom stereocenters. The van der Waals surface area contributed by atoms with Crippen LogP contribution >= 0.6 is 0 Å². The van der Waals surface area contributed by atoms with Crippen LogP contribution in [0.5, 0.6) is 5.75 Å². The molecule has 5 rings (SSSR count). The molecule has 1 aromatic carbocycles. The normalized spacial score (nSPS) is 19.3. The van der Waals surface area contributed by atoms with Gasteiger partial charge in [-0.25, -0.2) is 14.8 Å². The van der Waals surface area contributed by atoms with E-state index >= 15 is 0 Å². The van der Waals surface area contributed by atoms with Gasteiger partial charge in [0.25, 0.3) is 0 Å². The molecule has 6 heteroatoms. The van der Waals surface area contributed by atoms with Crippen LogP contribution in [-0.4, -0.2) is 40.6 Å². The lowest BCUT2D eigenvalue weighted by Gasteiger charge is -2.32. The van der Waals surface area contributed by atoms with Gasteiger partial charge in [-0.3, -0.25) is 0 Å². The van der Waals surface area contributed by atoms with Gasteiger partial charge in [-0.05, 0) is 43.2 Å². The Bertz CT molecular complexity index is 1010. The molecule has 0 aliphatic carbocycles. The van der Waals surface area contributed by atoms with E-state index in [2.05, 4.69) is 22.4 Å². The summed E-state index contributed by atoms with van der Waals surface area (Å²) in [7, 11) is 0. The topological polar surface area (TPSA) is 67.3 Å². The number of pyridine rings is 2. The second-order valence-electron chi connectivity index (χ2n) is 7.40. The van der Waals surface area contributed by atoms with Crippen molar-refractivity contribution in [2.45, 2.75) is 24.8 Å². The van der Waals surface area contributed by atoms with E-state index in [0.29, 0.717) is 12.5 Å². The molecule has 0 bridgehead atoms. The molecule has 2 aromatic heterocycles. The van der Waals surface area contributed by atoms with Gasteiger partial charge in [0.1, 0.15) is 12.4 Å². The fourth-order valence-electron chi connectivity index (χ4n) is 4.10. The highest BCUT2D eigenvalue weighted by Gasteiger charge is 2.29. The standard InChI is InChI=1S/C22H22N4O2/c27-22(25-19-14-28-20-6-2-1-5-17(19)20)26-12-9-15(10-13-26)18-8-7-16-4-3-11-23-21(16)24-18/h1-8,11,15,19H,9-10,12-14H2,(H,25,27). The largest absolute Gasteiger partial charge is 0.491 e. The summed E-state index contributed by atoms with van der Waals surface area (Å²) in [6, 6.07) is 15.9. The zero-order chi connectivity index (χ0) is 18.9. The number of hydrogen-bond acceptors (Lipinski definition) is 4. The van der Waals surface area contributed by atoms with E-state index in [1.54, 1.807) is 6.20 Å². The van der Waals surface area contributed by atoms with Crippen LogP contribution < -0.4 is 10.1 Å². The third-order valence-corrected chi connectivity index (χ3v) is 5.68. The summed E-state index contributed by atoms with van der Waals surface area (Å²) in [5, 5.41) is 4.18. The van der Waals surface area contributed by atoms with E-state index in [4.69, 9.17) is 9.72 Å². The average Bonchev–Trinajstić information content (AvgIpc) is 3.16. The minimum atomic E-state index is -0.0744. The molecule has 0 saturated carbocycles. The van der Waals surface area contributed by atoms with Crippen LogP contribution in [0.4, 0.5) is 4.79 Å². The first kappa shape index (κ1) is 17.0. The number of carbonyl (C=O) groups excluding carboxylic acids is 1. The van der Waals surface area contributed by atoms with Crippen molar-refractivity contribution in [3.8, 4) is 5.75 Å². The van der Waals surface area contributed by atoms with Crippen LogP contribution in [0.1, 0.15) is 36.1 Å². The van der Waals surface area contributed by atoms with Crippen LogP contribution in [0.15, 0.2) is 54.7 Å². The number of likely N-dealkylation sites (tertiary alicyclic amines) is 1. The van der Waals surface area contributed by atoms with Gasteiger partial charge in [0.05, 0.1) is 6.04 Å². The second-order valence-corrected chi connectivity index (χ2v) is 7.40. The van der Waals surface area contributed by atoms with Gasteiger partial charge in [0.2, 0.25) is 0 Å². The van der Waals surface area contributed by atoms with E-state index in [1.807, 2.05) is 41.3 Å². The van der Waals surface area contributed by atoms with Crippen LogP contribution in [0.2, 0.25) is 0 Å². The molecule has 0 spiro atoms. The third kappa shape index (κ3) is 3.15. The molecule has 3 aromatic rings. The number of rotatable bonds is 2. The molecular formula is C22H22N4O2. The van der Waals surface area contributed by atoms with Gasteiger partial charge in [-0.15, -0.1) is 0 Å². The summed E-state index contributed by atoms with van der Waals surface area (Å²) in [6.45, 7) is 1.96. The Kier molecular flexibility index (Phi) is 4.31. The number of aromatic nitrogens is 2. The van der Waals surface area contributed by atoms with Gasteiger partial charge in [0.15, 0.2) is 5.65 Å². The summed E-state index contributed by atoms with van der Waals surface area (Å²) in [5.74, 6) is 1.23. The van der Waals surface area contributed by atoms with E-state index in [9.17, 15) is 4.79 Å². The van der Waals surface area contributed by atoms with E-state index in [-0.39, 0.29) is 12.1 Å². The lowest BCUT2D eigenvalue weighted by molar-refractivity contribution is 0.174. The number of piperidine rings is 1. The maximum absolute atomic E-state index is 12.7. The zero-order valence-electron chi connectivity index (χ0n) is 15.5. The quantitative estimate of drug-likeness (QED) is 0.743. The average molecular weight is 374 g/mol. The number of hydrogen-bond donors (Lipinski definition) is 1. The first-order valence-corrected chi connectivity index (χ1v) is 9.77. The Balaban J connectivity index is 1.21. The zero-order valence-corrected chi connectivity index (χ0v) is 15.5. The van der Waals surface area contributed by atoms with Crippen molar-refractivity contribution >= 4 is 17.1 Å². The van der Waals surface area contributed by atoms with Crippen molar-refractivity contribution in [2.24, 2.45) is 0 Å². The first-order chi connectivity index (χ1) is 13.8. The molecule has 1 N–H and O–H groups in total. The fourth-order valence-corrected chi connectivity index (χ4v) is 4.10. The number of fused-ring (bicyclic) bond motifs is 2. The molecule has 0 radical (unpaired) electrons. The van der Waals surface area contributed by atoms with E-state index in [0.717, 1.165) is 54.0 Å². The summed E-state index contributed by atoms with van der Waals surface area (Å²) in [5.41, 5.74) is 2.92. The summed E-state index contributed by atoms with van der Waals surface area (Å²) >= 11 is 0. The number of benzene rings is 1. The molecule has 1 saturated heterocycles. The first-order valence-electron chi connectivity index (χ1n) is 9.77. The van der Waals surface area contributed by atoms with Crippen molar-refractivity contribution in [1.82, 2.24) is 20.2 Å². The van der Waals surface area contributed by atoms with Crippen LogP contribution in [-0.2, 0) is 0 Å². The van der Waals surface area contributed by atoms with Crippen molar-refractivity contribution in [2.75, 3.05) is 19.7 Å². The van der Waals surface area contributed by atoms with Gasteiger partial charge >= 0.3 is 6.03 Å². The molecule has 142 valence electrons. The number of carbonyl (C=O) groups is 1. The van der Waals surface area contributed by atoms with Gasteiger partial charge in [-0.2, -0.15) is 0 Å². The molecule has 2 aliphatic rings. The molecule has 1 fully saturated rings. The lowest BCUT2D eigenvalue weighted by atomic mass is 9.93. The Hall–Kier alpha value is -3.15. The van der Waals surface area contributed by atoms with Crippen molar-refractivity contribution in [3.63, 3.8) is 0 Å². The van der Waals surface area contributed by atoms with E-state index < -0.39 is 0 Å². The maximum atomic E-state index is 12.7. The monoisotopic (exact) mass is 374 g/mol. The van der Waals surface area contributed by atoms with Crippen molar-refractivity contribution < 1.29 is 9.53 Å². The molecule has 2 amide bonds. The van der Waals surface area contributed by atoms with Crippen LogP contribution in [0.3, 0.4) is 0 Å². The number of nitrogens with one attached hydrogen (secondary N) is 1. The number of amides is 2. The predicted molar refractivity (Wildman–Crippen MR) is 106 cm³/mol. The van der Waals surface area contributed by atoms with Gasteiger partial charge < -0.3 is 15.0 Å². The van der Waals surface area contributed by atoms with Crippen LogP contribution in [0.25, 0.3) is 11.0 Å². The predicted octanol–water partition coefficient (Wildman–Crippen LogP) is 3.65. The molecule has 4 heterocycles.